The molecule has 1 saturated heterocycles. The molecule has 2 rings (SSSR count). The van der Waals surface area contributed by atoms with Crippen molar-refractivity contribution in [3.05, 3.63) is 34.3 Å². The van der Waals surface area contributed by atoms with Crippen LogP contribution in [0.1, 0.15) is 12.0 Å². The minimum Gasteiger partial charge on any atom is -0.618 e. The van der Waals surface area contributed by atoms with E-state index in [1.807, 2.05) is 6.07 Å². The molecule has 0 bridgehead atoms. The van der Waals surface area contributed by atoms with Gasteiger partial charge in [0.25, 0.3) is 5.15 Å². The molecule has 0 radical (unpaired) electrons. The van der Waals surface area contributed by atoms with E-state index in [1.54, 1.807) is 12.3 Å². The summed E-state index contributed by atoms with van der Waals surface area (Å²) < 4.78 is 0.723. The van der Waals surface area contributed by atoms with E-state index in [-0.39, 0.29) is 5.15 Å². The first-order valence-electron chi connectivity index (χ1n) is 5.93. The van der Waals surface area contributed by atoms with E-state index in [9.17, 15) is 5.21 Å². The third kappa shape index (κ3) is 3.56. The molecule has 0 N–H and O–H groups in total. The van der Waals surface area contributed by atoms with Crippen LogP contribution in [0.25, 0.3) is 0 Å². The summed E-state index contributed by atoms with van der Waals surface area (Å²) in [6.45, 7) is 5.21. The summed E-state index contributed by atoms with van der Waals surface area (Å²) in [5, 5.41) is 11.6. The van der Waals surface area contributed by atoms with Gasteiger partial charge in [-0.15, -0.1) is 0 Å². The Morgan fingerprint density at radius 2 is 2.12 bits per heavy atom. The van der Waals surface area contributed by atoms with Gasteiger partial charge in [-0.05, 0) is 44.2 Å². The molecule has 0 atom stereocenters. The molecule has 1 aromatic heterocycles. The molecule has 1 fully saturated rings. The van der Waals surface area contributed by atoms with Crippen LogP contribution in [0, 0.1) is 5.21 Å². The Bertz CT molecular complexity index is 386. The minimum atomic E-state index is 0.226. The van der Waals surface area contributed by atoms with E-state index in [0.29, 0.717) is 0 Å². The third-order valence-corrected chi connectivity index (χ3v) is 3.44. The maximum Gasteiger partial charge on any atom is 0.286 e. The highest BCUT2D eigenvalue weighted by atomic mass is 35.5. The number of nitrogens with zero attached hydrogens (tertiary/aromatic N) is 3. The number of aromatic nitrogens is 1. The quantitative estimate of drug-likeness (QED) is 0.451. The van der Waals surface area contributed by atoms with Crippen molar-refractivity contribution in [1.82, 2.24) is 9.80 Å². The number of likely N-dealkylation sites (N-methyl/N-ethyl adjacent to an activating group) is 1. The topological polar surface area (TPSA) is 33.4 Å². The lowest BCUT2D eigenvalue weighted by molar-refractivity contribution is -0.603. The van der Waals surface area contributed by atoms with E-state index < -0.39 is 0 Å². The van der Waals surface area contributed by atoms with Crippen molar-refractivity contribution in [1.29, 1.82) is 0 Å². The van der Waals surface area contributed by atoms with Crippen molar-refractivity contribution in [2.45, 2.75) is 13.0 Å². The molecule has 5 heteroatoms. The Kier molecular flexibility index (Phi) is 4.20. The van der Waals surface area contributed by atoms with Gasteiger partial charge in [-0.2, -0.15) is 4.73 Å². The van der Waals surface area contributed by atoms with Crippen LogP contribution in [0.4, 0.5) is 0 Å². The zero-order valence-corrected chi connectivity index (χ0v) is 10.9. The van der Waals surface area contributed by atoms with Crippen LogP contribution in [-0.2, 0) is 6.54 Å². The fraction of sp³-hybridized carbons (Fsp3) is 0.583. The molecule has 1 aliphatic rings. The maximum atomic E-state index is 11.4. The van der Waals surface area contributed by atoms with Crippen LogP contribution in [0.15, 0.2) is 18.3 Å². The number of pyridine rings is 1. The summed E-state index contributed by atoms with van der Waals surface area (Å²) in [5.74, 6) is 0. The number of rotatable bonds is 2. The van der Waals surface area contributed by atoms with Crippen molar-refractivity contribution in [2.75, 3.05) is 33.2 Å². The third-order valence-electron chi connectivity index (χ3n) is 3.15. The van der Waals surface area contributed by atoms with Gasteiger partial charge in [0.1, 0.15) is 0 Å². The van der Waals surface area contributed by atoms with Crippen molar-refractivity contribution >= 4 is 11.6 Å². The average molecular weight is 256 g/mol. The van der Waals surface area contributed by atoms with Crippen LogP contribution in [0.3, 0.4) is 0 Å². The van der Waals surface area contributed by atoms with E-state index >= 15 is 0 Å². The molecule has 0 unspecified atom stereocenters. The first-order chi connectivity index (χ1) is 8.15. The van der Waals surface area contributed by atoms with Gasteiger partial charge in [0, 0.05) is 31.3 Å². The van der Waals surface area contributed by atoms with Crippen LogP contribution in [-0.4, -0.2) is 43.0 Å². The van der Waals surface area contributed by atoms with E-state index in [4.69, 9.17) is 11.6 Å². The molecular weight excluding hydrogens is 238 g/mol. The normalized spacial score (nSPS) is 19.2. The molecule has 0 aliphatic carbocycles. The smallest absolute Gasteiger partial charge is 0.286 e. The van der Waals surface area contributed by atoms with E-state index in [0.717, 1.165) is 43.0 Å². The average Bonchev–Trinajstić information content (AvgIpc) is 2.49. The summed E-state index contributed by atoms with van der Waals surface area (Å²) in [6, 6.07) is 3.58. The van der Waals surface area contributed by atoms with Gasteiger partial charge in [-0.3, -0.25) is 4.90 Å². The number of hydrogen-bond donors (Lipinski definition) is 0. The van der Waals surface area contributed by atoms with Gasteiger partial charge in [-0.25, -0.2) is 0 Å². The summed E-state index contributed by atoms with van der Waals surface area (Å²) >= 11 is 5.70. The highest BCUT2D eigenvalue weighted by Crippen LogP contribution is 2.09. The van der Waals surface area contributed by atoms with Gasteiger partial charge >= 0.3 is 0 Å². The first-order valence-corrected chi connectivity index (χ1v) is 6.31. The predicted molar refractivity (Wildman–Crippen MR) is 67.8 cm³/mol. The standard InChI is InChI=1S/C12H18ClN3O/c1-14-5-2-6-15(8-7-14)9-11-3-4-12(13)16(17)10-11/h3-4,10H,2,5-9H2,1H3. The molecule has 0 saturated carbocycles. The monoisotopic (exact) mass is 255 g/mol. The second-order valence-corrected chi connectivity index (χ2v) is 5.01. The molecule has 94 valence electrons. The molecular formula is C12H18ClN3O. The zero-order chi connectivity index (χ0) is 12.3. The Balaban J connectivity index is 1.97. The molecule has 4 nitrogen and oxygen atoms in total. The molecule has 0 spiro atoms. The first kappa shape index (κ1) is 12.6. The lowest BCUT2D eigenvalue weighted by Crippen LogP contribution is -2.31. The second-order valence-electron chi connectivity index (χ2n) is 4.62. The van der Waals surface area contributed by atoms with Gasteiger partial charge in [0.05, 0.1) is 0 Å². The number of halogens is 1. The summed E-state index contributed by atoms with van der Waals surface area (Å²) in [4.78, 5) is 4.72. The molecule has 17 heavy (non-hydrogen) atoms. The van der Waals surface area contributed by atoms with E-state index in [2.05, 4.69) is 16.8 Å². The second kappa shape index (κ2) is 5.67. The van der Waals surface area contributed by atoms with Crippen molar-refractivity contribution < 1.29 is 4.73 Å². The molecule has 0 aromatic carbocycles. The maximum absolute atomic E-state index is 11.4. The molecule has 1 aromatic rings. The van der Waals surface area contributed by atoms with E-state index in [1.165, 1.54) is 6.42 Å². The van der Waals surface area contributed by atoms with Crippen LogP contribution >= 0.6 is 11.6 Å². The minimum absolute atomic E-state index is 0.226. The predicted octanol–water partition coefficient (Wildman–Crippen LogP) is 1.11. The van der Waals surface area contributed by atoms with Gasteiger partial charge in [0.15, 0.2) is 6.20 Å². The van der Waals surface area contributed by atoms with Crippen LogP contribution < -0.4 is 4.73 Å². The highest BCUT2D eigenvalue weighted by Gasteiger charge is 2.13. The van der Waals surface area contributed by atoms with Crippen molar-refractivity contribution in [3.8, 4) is 0 Å². The fourth-order valence-electron chi connectivity index (χ4n) is 2.11. The summed E-state index contributed by atoms with van der Waals surface area (Å²) in [7, 11) is 2.15. The van der Waals surface area contributed by atoms with Gasteiger partial charge < -0.3 is 10.1 Å². The largest absolute Gasteiger partial charge is 0.618 e. The fourth-order valence-corrected chi connectivity index (χ4v) is 2.23. The Morgan fingerprint density at radius 3 is 2.88 bits per heavy atom. The van der Waals surface area contributed by atoms with Crippen LogP contribution in [0.2, 0.25) is 5.15 Å². The summed E-state index contributed by atoms with van der Waals surface area (Å²) in [5.41, 5.74) is 1.02. The van der Waals surface area contributed by atoms with Gasteiger partial charge in [0.2, 0.25) is 0 Å². The lowest BCUT2D eigenvalue weighted by atomic mass is 10.2. The summed E-state index contributed by atoms with van der Waals surface area (Å²) in [6.07, 6.45) is 2.75. The SMILES string of the molecule is CN1CCCN(Cc2ccc(Cl)[n+]([O-])c2)CC1. The Labute approximate surface area is 107 Å². The van der Waals surface area contributed by atoms with Crippen LogP contribution in [0.5, 0.6) is 0 Å². The van der Waals surface area contributed by atoms with Crippen molar-refractivity contribution in [2.24, 2.45) is 0 Å². The molecule has 1 aliphatic heterocycles. The molecule has 0 amide bonds. The van der Waals surface area contributed by atoms with Gasteiger partial charge in [-0.1, -0.05) is 0 Å². The molecule has 2 heterocycles. The highest BCUT2D eigenvalue weighted by molar-refractivity contribution is 6.28. The Morgan fingerprint density at radius 1 is 1.29 bits per heavy atom. The Hall–Kier alpha value is -0.840. The lowest BCUT2D eigenvalue weighted by Gasteiger charge is -2.19. The zero-order valence-electron chi connectivity index (χ0n) is 10.1. The number of hydrogen-bond acceptors (Lipinski definition) is 3. The van der Waals surface area contributed by atoms with Crippen molar-refractivity contribution in [3.63, 3.8) is 0 Å².